The van der Waals surface area contributed by atoms with E-state index in [9.17, 15) is 0 Å². The topological polar surface area (TPSA) is 112 Å². The molecule has 0 amide bonds. The van der Waals surface area contributed by atoms with E-state index < -0.39 is 0 Å². The molecular formula is C11H23N7O. The lowest BCUT2D eigenvalue weighted by atomic mass is 10.1. The Bertz CT molecular complexity index is 385. The molecule has 1 aromatic heterocycles. The van der Waals surface area contributed by atoms with E-state index in [0.717, 1.165) is 19.4 Å². The molecule has 0 aliphatic heterocycles. The van der Waals surface area contributed by atoms with Crippen LogP contribution in [0.1, 0.15) is 19.8 Å². The van der Waals surface area contributed by atoms with E-state index in [1.165, 1.54) is 0 Å². The molecule has 1 aromatic rings. The number of hydrogen-bond acceptors (Lipinski definition) is 8. The summed E-state index contributed by atoms with van der Waals surface area (Å²) in [6.45, 7) is 2.98. The summed E-state index contributed by atoms with van der Waals surface area (Å²) >= 11 is 0. The standard InChI is InChI=1S/C11H23N7O/c1-8(7-19)5-4-6-13-9-14-10(17-12)16-11(15-9)18(2)3/h8,19H,4-7,12H2,1-3H3,(H2,13,14,15,16,17). The SMILES string of the molecule is CC(CO)CCCNc1nc(NN)nc(N(C)C)n1. The molecular weight excluding hydrogens is 246 g/mol. The number of nitrogens with one attached hydrogen (secondary N) is 2. The Labute approximate surface area is 113 Å². The minimum Gasteiger partial charge on any atom is -0.396 e. The third kappa shape index (κ3) is 5.23. The van der Waals surface area contributed by atoms with Crippen LogP contribution in [0.2, 0.25) is 0 Å². The fourth-order valence-corrected chi connectivity index (χ4v) is 1.45. The molecule has 0 aliphatic rings. The molecule has 0 aromatic carbocycles. The smallest absolute Gasteiger partial charge is 0.243 e. The molecule has 1 rings (SSSR count). The number of nitrogens with zero attached hydrogens (tertiary/aromatic N) is 4. The number of nitrogen functional groups attached to an aromatic ring is 1. The largest absolute Gasteiger partial charge is 0.396 e. The molecule has 1 atom stereocenters. The summed E-state index contributed by atoms with van der Waals surface area (Å²) in [6.07, 6.45) is 1.90. The Balaban J connectivity index is 2.55. The van der Waals surface area contributed by atoms with Crippen LogP contribution in [0.4, 0.5) is 17.8 Å². The van der Waals surface area contributed by atoms with E-state index in [4.69, 9.17) is 10.9 Å². The summed E-state index contributed by atoms with van der Waals surface area (Å²) in [4.78, 5) is 14.3. The van der Waals surface area contributed by atoms with E-state index >= 15 is 0 Å². The quantitative estimate of drug-likeness (QED) is 0.297. The molecule has 0 fully saturated rings. The van der Waals surface area contributed by atoms with Gasteiger partial charge in [-0.25, -0.2) is 5.84 Å². The number of anilines is 3. The highest BCUT2D eigenvalue weighted by Crippen LogP contribution is 2.11. The van der Waals surface area contributed by atoms with Crippen LogP contribution in [0.15, 0.2) is 0 Å². The van der Waals surface area contributed by atoms with Gasteiger partial charge in [-0.3, -0.25) is 5.43 Å². The van der Waals surface area contributed by atoms with Gasteiger partial charge < -0.3 is 15.3 Å². The highest BCUT2D eigenvalue weighted by molar-refractivity contribution is 5.42. The predicted octanol–water partition coefficient (Wildman–Crippen LogP) is 0.0437. The Morgan fingerprint density at radius 3 is 2.53 bits per heavy atom. The Morgan fingerprint density at radius 2 is 1.95 bits per heavy atom. The Morgan fingerprint density at radius 1 is 1.26 bits per heavy atom. The van der Waals surface area contributed by atoms with Crippen molar-refractivity contribution in [3.63, 3.8) is 0 Å². The summed E-state index contributed by atoms with van der Waals surface area (Å²) in [5.74, 6) is 6.99. The van der Waals surface area contributed by atoms with Crippen LogP contribution in [-0.4, -0.2) is 47.3 Å². The summed E-state index contributed by atoms with van der Waals surface area (Å²) in [7, 11) is 3.70. The van der Waals surface area contributed by atoms with Gasteiger partial charge in [-0.15, -0.1) is 0 Å². The third-order valence-electron chi connectivity index (χ3n) is 2.62. The van der Waals surface area contributed by atoms with Gasteiger partial charge in [0, 0.05) is 27.2 Å². The lowest BCUT2D eigenvalue weighted by Gasteiger charge is -2.13. The molecule has 108 valence electrons. The molecule has 1 heterocycles. The molecule has 8 nitrogen and oxygen atoms in total. The molecule has 0 saturated heterocycles. The van der Waals surface area contributed by atoms with Crippen molar-refractivity contribution < 1.29 is 5.11 Å². The summed E-state index contributed by atoms with van der Waals surface area (Å²) in [6, 6.07) is 0. The number of nitrogens with two attached hydrogens (primary N) is 1. The number of rotatable bonds is 8. The first-order valence-corrected chi connectivity index (χ1v) is 6.31. The van der Waals surface area contributed by atoms with E-state index in [1.54, 1.807) is 4.90 Å². The minimum absolute atomic E-state index is 0.220. The van der Waals surface area contributed by atoms with Gasteiger partial charge in [-0.1, -0.05) is 6.92 Å². The van der Waals surface area contributed by atoms with Gasteiger partial charge in [-0.05, 0) is 18.8 Å². The predicted molar refractivity (Wildman–Crippen MR) is 75.9 cm³/mol. The zero-order valence-corrected chi connectivity index (χ0v) is 11.7. The maximum Gasteiger partial charge on any atom is 0.243 e. The van der Waals surface area contributed by atoms with Crippen molar-refractivity contribution in [2.75, 3.05) is 42.9 Å². The van der Waals surface area contributed by atoms with Gasteiger partial charge >= 0.3 is 0 Å². The Hall–Kier alpha value is -1.67. The van der Waals surface area contributed by atoms with E-state index in [-0.39, 0.29) is 6.61 Å². The van der Waals surface area contributed by atoms with E-state index in [2.05, 4.69) is 25.7 Å². The number of hydrazine groups is 1. The van der Waals surface area contributed by atoms with Crippen molar-refractivity contribution in [1.82, 2.24) is 15.0 Å². The van der Waals surface area contributed by atoms with Gasteiger partial charge in [0.05, 0.1) is 0 Å². The van der Waals surface area contributed by atoms with E-state index in [0.29, 0.717) is 23.8 Å². The maximum absolute atomic E-state index is 8.94. The molecule has 0 aliphatic carbocycles. The molecule has 0 saturated carbocycles. The molecule has 5 N–H and O–H groups in total. The van der Waals surface area contributed by atoms with Crippen molar-refractivity contribution in [2.24, 2.45) is 11.8 Å². The molecule has 1 unspecified atom stereocenters. The summed E-state index contributed by atoms with van der Waals surface area (Å²) in [5.41, 5.74) is 2.42. The van der Waals surface area contributed by atoms with Crippen molar-refractivity contribution in [2.45, 2.75) is 19.8 Å². The summed E-state index contributed by atoms with van der Waals surface area (Å²) in [5, 5.41) is 12.1. The lowest BCUT2D eigenvalue weighted by Crippen LogP contribution is -2.19. The van der Waals surface area contributed by atoms with Crippen molar-refractivity contribution >= 4 is 17.8 Å². The highest BCUT2D eigenvalue weighted by Gasteiger charge is 2.07. The van der Waals surface area contributed by atoms with Crippen LogP contribution in [0, 0.1) is 5.92 Å². The van der Waals surface area contributed by atoms with Gasteiger partial charge in [-0.2, -0.15) is 15.0 Å². The highest BCUT2D eigenvalue weighted by atomic mass is 16.3. The zero-order valence-electron chi connectivity index (χ0n) is 11.7. The fraction of sp³-hybridized carbons (Fsp3) is 0.727. The van der Waals surface area contributed by atoms with Crippen molar-refractivity contribution in [3.8, 4) is 0 Å². The van der Waals surface area contributed by atoms with Gasteiger partial charge in [0.15, 0.2) is 0 Å². The molecule has 19 heavy (non-hydrogen) atoms. The first-order valence-electron chi connectivity index (χ1n) is 6.31. The second-order valence-electron chi connectivity index (χ2n) is 4.68. The number of hydrogen-bond donors (Lipinski definition) is 4. The second kappa shape index (κ2) is 7.70. The number of aliphatic hydroxyl groups excluding tert-OH is 1. The molecule has 0 radical (unpaired) electrons. The summed E-state index contributed by atoms with van der Waals surface area (Å²) < 4.78 is 0. The molecule has 8 heteroatoms. The van der Waals surface area contributed by atoms with Crippen LogP contribution in [0.3, 0.4) is 0 Å². The van der Waals surface area contributed by atoms with Crippen LogP contribution < -0.4 is 21.5 Å². The van der Waals surface area contributed by atoms with Crippen LogP contribution in [0.5, 0.6) is 0 Å². The Kier molecular flexibility index (Phi) is 6.23. The average Bonchev–Trinajstić information content (AvgIpc) is 2.42. The fourth-order valence-electron chi connectivity index (χ4n) is 1.45. The zero-order chi connectivity index (χ0) is 14.3. The van der Waals surface area contributed by atoms with Gasteiger partial charge in [0.1, 0.15) is 0 Å². The third-order valence-corrected chi connectivity index (χ3v) is 2.62. The average molecular weight is 269 g/mol. The van der Waals surface area contributed by atoms with Crippen LogP contribution in [-0.2, 0) is 0 Å². The number of aliphatic hydroxyl groups is 1. The van der Waals surface area contributed by atoms with Crippen LogP contribution >= 0.6 is 0 Å². The van der Waals surface area contributed by atoms with Crippen molar-refractivity contribution in [3.05, 3.63) is 0 Å². The van der Waals surface area contributed by atoms with Gasteiger partial charge in [0.25, 0.3) is 0 Å². The second-order valence-corrected chi connectivity index (χ2v) is 4.68. The molecule has 0 bridgehead atoms. The maximum atomic E-state index is 8.94. The number of aromatic nitrogens is 3. The van der Waals surface area contributed by atoms with Crippen LogP contribution in [0.25, 0.3) is 0 Å². The van der Waals surface area contributed by atoms with E-state index in [1.807, 2.05) is 21.0 Å². The first kappa shape index (κ1) is 15.4. The van der Waals surface area contributed by atoms with Crippen molar-refractivity contribution in [1.29, 1.82) is 0 Å². The first-order chi connectivity index (χ1) is 9.06. The monoisotopic (exact) mass is 269 g/mol. The lowest BCUT2D eigenvalue weighted by molar-refractivity contribution is 0.229. The molecule has 0 spiro atoms. The normalized spacial score (nSPS) is 12.1. The minimum atomic E-state index is 0.220. The van der Waals surface area contributed by atoms with Gasteiger partial charge in [0.2, 0.25) is 17.8 Å².